The highest BCUT2D eigenvalue weighted by atomic mass is 16.6. The monoisotopic (exact) mass is 424 g/mol. The Hall–Kier alpha value is -0.320. The number of aliphatic hydroxyl groups excluding tert-OH is 1. The van der Waals surface area contributed by atoms with E-state index in [2.05, 4.69) is 13.8 Å². The number of ether oxygens (including phenoxy) is 7. The van der Waals surface area contributed by atoms with Crippen LogP contribution in [0.5, 0.6) is 0 Å². The number of hydrogen-bond donors (Lipinski definition) is 1. The molecule has 0 bridgehead atoms. The van der Waals surface area contributed by atoms with Crippen LogP contribution in [-0.2, 0) is 33.2 Å². The van der Waals surface area contributed by atoms with Crippen LogP contribution < -0.4 is 0 Å². The number of rotatable bonds is 25. The van der Waals surface area contributed by atoms with Gasteiger partial charge in [-0.05, 0) is 12.8 Å². The molecule has 176 valence electrons. The van der Waals surface area contributed by atoms with Crippen molar-refractivity contribution in [2.45, 2.75) is 45.6 Å². The zero-order valence-electron chi connectivity index (χ0n) is 18.6. The summed E-state index contributed by atoms with van der Waals surface area (Å²) >= 11 is 0. The molecule has 0 amide bonds. The lowest BCUT2D eigenvalue weighted by Crippen LogP contribution is -2.24. The van der Waals surface area contributed by atoms with Crippen molar-refractivity contribution in [3.8, 4) is 0 Å². The molecule has 0 aliphatic heterocycles. The second-order valence-electron chi connectivity index (χ2n) is 6.57. The number of unbranched alkanes of at least 4 members (excludes halogenated alkanes) is 2. The van der Waals surface area contributed by atoms with Gasteiger partial charge in [0.25, 0.3) is 0 Å². The Labute approximate surface area is 177 Å². The molecule has 29 heavy (non-hydrogen) atoms. The molecular weight excluding hydrogens is 380 g/mol. The van der Waals surface area contributed by atoms with Crippen LogP contribution in [0.3, 0.4) is 0 Å². The third-order valence-corrected chi connectivity index (χ3v) is 3.76. The van der Waals surface area contributed by atoms with Gasteiger partial charge >= 0.3 is 0 Å². The first kappa shape index (κ1) is 28.7. The van der Waals surface area contributed by atoms with Gasteiger partial charge in [0.2, 0.25) is 0 Å². The minimum atomic E-state index is -0.633. The second kappa shape index (κ2) is 25.7. The normalized spacial score (nSPS) is 12.5. The highest BCUT2D eigenvalue weighted by Crippen LogP contribution is 1.91. The van der Waals surface area contributed by atoms with Crippen molar-refractivity contribution >= 4 is 0 Å². The zero-order chi connectivity index (χ0) is 21.3. The largest absolute Gasteiger partial charge is 0.388 e. The van der Waals surface area contributed by atoms with Gasteiger partial charge in [-0.2, -0.15) is 0 Å². The molecule has 0 saturated heterocycles. The Kier molecular flexibility index (Phi) is 25.4. The molecule has 0 spiro atoms. The minimum Gasteiger partial charge on any atom is -0.388 e. The fourth-order valence-electron chi connectivity index (χ4n) is 2.08. The average Bonchev–Trinajstić information content (AvgIpc) is 2.72. The molecule has 0 aromatic rings. The molecule has 0 heterocycles. The lowest BCUT2D eigenvalue weighted by atomic mass is 10.4. The lowest BCUT2D eigenvalue weighted by Gasteiger charge is -2.12. The van der Waals surface area contributed by atoms with Gasteiger partial charge in [0.05, 0.1) is 79.3 Å². The molecule has 0 rings (SSSR count). The highest BCUT2D eigenvalue weighted by Gasteiger charge is 2.04. The maximum absolute atomic E-state index is 9.73. The third kappa shape index (κ3) is 25.6. The molecule has 0 aromatic carbocycles. The van der Waals surface area contributed by atoms with E-state index in [0.29, 0.717) is 66.1 Å². The van der Waals surface area contributed by atoms with Gasteiger partial charge in [-0.3, -0.25) is 0 Å². The van der Waals surface area contributed by atoms with E-state index in [9.17, 15) is 5.11 Å². The van der Waals surface area contributed by atoms with Gasteiger partial charge < -0.3 is 38.3 Å². The summed E-state index contributed by atoms with van der Waals surface area (Å²) in [7, 11) is 0. The summed E-state index contributed by atoms with van der Waals surface area (Å²) in [6.45, 7) is 11.6. The molecule has 0 aliphatic carbocycles. The summed E-state index contributed by atoms with van der Waals surface area (Å²) in [5, 5.41) is 9.73. The summed E-state index contributed by atoms with van der Waals surface area (Å²) < 4.78 is 37.7. The molecule has 0 radical (unpaired) electrons. The standard InChI is InChI=1S/C21H44O8/c1-3-5-7-23-9-10-25-11-12-26-13-14-27-16-18-29-20-21(22)19-28-17-15-24-8-6-4-2/h21-22H,3-20H2,1-2H3. The molecule has 8 nitrogen and oxygen atoms in total. The first-order valence-corrected chi connectivity index (χ1v) is 11.0. The Morgan fingerprint density at radius 2 is 0.724 bits per heavy atom. The Balaban J connectivity index is 3.10. The van der Waals surface area contributed by atoms with E-state index >= 15 is 0 Å². The van der Waals surface area contributed by atoms with Crippen molar-refractivity contribution in [3.05, 3.63) is 0 Å². The van der Waals surface area contributed by atoms with Crippen LogP contribution in [-0.4, -0.2) is 104 Å². The summed E-state index contributed by atoms with van der Waals surface area (Å²) in [5.41, 5.74) is 0. The van der Waals surface area contributed by atoms with E-state index in [4.69, 9.17) is 33.2 Å². The fraction of sp³-hybridized carbons (Fsp3) is 1.00. The number of hydrogen-bond acceptors (Lipinski definition) is 8. The topological polar surface area (TPSA) is 84.8 Å². The van der Waals surface area contributed by atoms with E-state index in [1.807, 2.05) is 0 Å². The maximum atomic E-state index is 9.73. The van der Waals surface area contributed by atoms with E-state index in [1.54, 1.807) is 0 Å². The molecule has 0 aliphatic rings. The zero-order valence-corrected chi connectivity index (χ0v) is 18.6. The summed E-state index contributed by atoms with van der Waals surface area (Å²) in [4.78, 5) is 0. The molecule has 0 aromatic heterocycles. The molecule has 0 saturated carbocycles. The van der Waals surface area contributed by atoms with Crippen LogP contribution in [0.1, 0.15) is 39.5 Å². The molecule has 1 N–H and O–H groups in total. The van der Waals surface area contributed by atoms with E-state index in [-0.39, 0.29) is 13.2 Å². The first-order chi connectivity index (χ1) is 14.3. The van der Waals surface area contributed by atoms with Gasteiger partial charge in [0, 0.05) is 13.2 Å². The van der Waals surface area contributed by atoms with Crippen molar-refractivity contribution in [3.63, 3.8) is 0 Å². The van der Waals surface area contributed by atoms with Gasteiger partial charge in [-0.1, -0.05) is 26.7 Å². The average molecular weight is 425 g/mol. The van der Waals surface area contributed by atoms with Crippen LogP contribution in [0.4, 0.5) is 0 Å². The van der Waals surface area contributed by atoms with Crippen molar-refractivity contribution in [2.24, 2.45) is 0 Å². The molecule has 1 unspecified atom stereocenters. The van der Waals surface area contributed by atoms with E-state index < -0.39 is 6.10 Å². The van der Waals surface area contributed by atoms with Crippen LogP contribution in [0.2, 0.25) is 0 Å². The Bertz CT molecular complexity index is 294. The third-order valence-electron chi connectivity index (χ3n) is 3.76. The fourth-order valence-corrected chi connectivity index (χ4v) is 2.08. The highest BCUT2D eigenvalue weighted by molar-refractivity contribution is 4.51. The molecular formula is C21H44O8. The summed E-state index contributed by atoms with van der Waals surface area (Å²) in [6.07, 6.45) is 3.80. The molecule has 0 fully saturated rings. The molecule has 1 atom stereocenters. The van der Waals surface area contributed by atoms with Crippen LogP contribution in [0, 0.1) is 0 Å². The predicted octanol–water partition coefficient (Wildman–Crippen LogP) is 2.06. The van der Waals surface area contributed by atoms with Crippen LogP contribution in [0.15, 0.2) is 0 Å². The first-order valence-electron chi connectivity index (χ1n) is 11.0. The maximum Gasteiger partial charge on any atom is 0.101 e. The van der Waals surface area contributed by atoms with Gasteiger partial charge in [-0.15, -0.1) is 0 Å². The van der Waals surface area contributed by atoms with Crippen molar-refractivity contribution in [1.82, 2.24) is 0 Å². The van der Waals surface area contributed by atoms with Crippen LogP contribution >= 0.6 is 0 Å². The SMILES string of the molecule is CCCCOCCOCCOCCOCCOCC(O)COCCOCCCC. The summed E-state index contributed by atoms with van der Waals surface area (Å²) in [5.74, 6) is 0. The van der Waals surface area contributed by atoms with Gasteiger partial charge in [-0.25, -0.2) is 0 Å². The lowest BCUT2D eigenvalue weighted by molar-refractivity contribution is -0.0460. The Morgan fingerprint density at radius 3 is 1.03 bits per heavy atom. The quantitative estimate of drug-likeness (QED) is 0.223. The van der Waals surface area contributed by atoms with Crippen LogP contribution in [0.25, 0.3) is 0 Å². The minimum absolute atomic E-state index is 0.232. The van der Waals surface area contributed by atoms with Crippen molar-refractivity contribution < 1.29 is 38.3 Å². The van der Waals surface area contributed by atoms with E-state index in [0.717, 1.165) is 38.9 Å². The molecule has 8 heteroatoms. The predicted molar refractivity (Wildman–Crippen MR) is 112 cm³/mol. The second-order valence-corrected chi connectivity index (χ2v) is 6.57. The number of aliphatic hydroxyl groups is 1. The van der Waals surface area contributed by atoms with Gasteiger partial charge in [0.1, 0.15) is 6.10 Å². The summed E-state index contributed by atoms with van der Waals surface area (Å²) in [6, 6.07) is 0. The smallest absolute Gasteiger partial charge is 0.101 e. The van der Waals surface area contributed by atoms with Crippen molar-refractivity contribution in [1.29, 1.82) is 0 Å². The Morgan fingerprint density at radius 1 is 0.448 bits per heavy atom. The van der Waals surface area contributed by atoms with Crippen molar-refractivity contribution in [2.75, 3.05) is 92.5 Å². The van der Waals surface area contributed by atoms with Gasteiger partial charge in [0.15, 0.2) is 0 Å². The van der Waals surface area contributed by atoms with E-state index in [1.165, 1.54) is 0 Å².